The van der Waals surface area contributed by atoms with Crippen molar-refractivity contribution in [2.45, 2.75) is 5.88 Å². The first-order valence-corrected chi connectivity index (χ1v) is 6.01. The Bertz CT molecular complexity index is 500. The van der Waals surface area contributed by atoms with Gasteiger partial charge in [-0.25, -0.2) is 9.37 Å². The number of methoxy groups -OCH3 is 1. The predicted molar refractivity (Wildman–Crippen MR) is 63.6 cm³/mol. The fourth-order valence-electron chi connectivity index (χ4n) is 1.41. The number of alkyl halides is 1. The van der Waals surface area contributed by atoms with Crippen LogP contribution in [0, 0.1) is 5.82 Å². The zero-order valence-electron chi connectivity index (χ0n) is 8.54. The van der Waals surface area contributed by atoms with Gasteiger partial charge in [0.05, 0.1) is 24.2 Å². The van der Waals surface area contributed by atoms with E-state index in [9.17, 15) is 4.39 Å². The zero-order valence-corrected chi connectivity index (χ0v) is 10.1. The van der Waals surface area contributed by atoms with Gasteiger partial charge in [-0.05, 0) is 12.1 Å². The van der Waals surface area contributed by atoms with Crippen molar-refractivity contribution in [3.63, 3.8) is 0 Å². The number of ether oxygens (including phenoxy) is 1. The van der Waals surface area contributed by atoms with Crippen molar-refractivity contribution < 1.29 is 9.13 Å². The van der Waals surface area contributed by atoms with Gasteiger partial charge in [0.25, 0.3) is 0 Å². The van der Waals surface area contributed by atoms with E-state index >= 15 is 0 Å². The van der Waals surface area contributed by atoms with Crippen LogP contribution >= 0.6 is 22.9 Å². The molecule has 1 heterocycles. The number of thiazole rings is 1. The number of rotatable bonds is 3. The van der Waals surface area contributed by atoms with Crippen LogP contribution in [0.1, 0.15) is 5.01 Å². The highest BCUT2D eigenvalue weighted by Gasteiger charge is 2.14. The first-order chi connectivity index (χ1) is 7.76. The second-order valence-corrected chi connectivity index (χ2v) is 4.29. The van der Waals surface area contributed by atoms with E-state index in [1.165, 1.54) is 24.5 Å². The average Bonchev–Trinajstić information content (AvgIpc) is 2.76. The molecule has 2 aromatic rings. The van der Waals surface area contributed by atoms with E-state index in [-0.39, 0.29) is 5.82 Å². The Labute approximate surface area is 102 Å². The molecule has 0 bridgehead atoms. The van der Waals surface area contributed by atoms with Gasteiger partial charge >= 0.3 is 0 Å². The molecular weight excluding hydrogens is 249 g/mol. The minimum absolute atomic E-state index is 0.335. The van der Waals surface area contributed by atoms with Gasteiger partial charge in [-0.2, -0.15) is 0 Å². The monoisotopic (exact) mass is 257 g/mol. The molecule has 0 amide bonds. The van der Waals surface area contributed by atoms with Crippen molar-refractivity contribution >= 4 is 22.9 Å². The van der Waals surface area contributed by atoms with Crippen LogP contribution in [0.25, 0.3) is 11.3 Å². The zero-order chi connectivity index (χ0) is 11.5. The molecule has 5 heteroatoms. The van der Waals surface area contributed by atoms with Crippen molar-refractivity contribution in [2.75, 3.05) is 7.11 Å². The van der Waals surface area contributed by atoms with E-state index in [1.807, 2.05) is 0 Å². The molecule has 16 heavy (non-hydrogen) atoms. The first-order valence-electron chi connectivity index (χ1n) is 4.59. The van der Waals surface area contributed by atoms with E-state index in [2.05, 4.69) is 4.98 Å². The summed E-state index contributed by atoms with van der Waals surface area (Å²) in [6.07, 6.45) is 0. The number of benzene rings is 1. The van der Waals surface area contributed by atoms with Gasteiger partial charge < -0.3 is 4.74 Å². The van der Waals surface area contributed by atoms with Crippen molar-refractivity contribution in [3.05, 3.63) is 34.4 Å². The molecule has 0 saturated heterocycles. The van der Waals surface area contributed by atoms with Gasteiger partial charge in [-0.15, -0.1) is 22.9 Å². The summed E-state index contributed by atoms with van der Waals surface area (Å²) in [5, 5.41) is 2.54. The molecular formula is C11H9ClFNOS. The number of hydrogen-bond acceptors (Lipinski definition) is 3. The lowest BCUT2D eigenvalue weighted by molar-refractivity contribution is 0.413. The molecule has 0 N–H and O–H groups in total. The van der Waals surface area contributed by atoms with Crippen molar-refractivity contribution in [1.29, 1.82) is 0 Å². The van der Waals surface area contributed by atoms with Crippen LogP contribution in [0.3, 0.4) is 0 Å². The average molecular weight is 258 g/mol. The maximum absolute atomic E-state index is 13.7. The SMILES string of the molecule is COc1cccc(F)c1-c1csc(CCl)n1. The minimum atomic E-state index is -0.342. The van der Waals surface area contributed by atoms with Crippen molar-refractivity contribution in [3.8, 4) is 17.0 Å². The number of hydrogen-bond donors (Lipinski definition) is 0. The Morgan fingerprint density at radius 2 is 2.31 bits per heavy atom. The third kappa shape index (κ3) is 2.03. The lowest BCUT2D eigenvalue weighted by Crippen LogP contribution is -1.91. The van der Waals surface area contributed by atoms with E-state index in [4.69, 9.17) is 16.3 Å². The smallest absolute Gasteiger partial charge is 0.136 e. The summed E-state index contributed by atoms with van der Waals surface area (Å²) in [5.41, 5.74) is 0.952. The summed E-state index contributed by atoms with van der Waals surface area (Å²) < 4.78 is 18.8. The Morgan fingerprint density at radius 1 is 1.50 bits per heavy atom. The molecule has 2 nitrogen and oxygen atoms in total. The second kappa shape index (κ2) is 4.80. The summed E-state index contributed by atoms with van der Waals surface area (Å²) in [5.74, 6) is 0.471. The fourth-order valence-corrected chi connectivity index (χ4v) is 2.29. The van der Waals surface area contributed by atoms with Crippen molar-refractivity contribution in [1.82, 2.24) is 4.98 Å². The topological polar surface area (TPSA) is 22.1 Å². The Balaban J connectivity index is 2.53. The summed E-state index contributed by atoms with van der Waals surface area (Å²) in [4.78, 5) is 4.24. The van der Waals surface area contributed by atoms with E-state index in [0.29, 0.717) is 22.9 Å². The number of halogens is 2. The van der Waals surface area contributed by atoms with Crippen LogP contribution in [0.5, 0.6) is 5.75 Å². The highest BCUT2D eigenvalue weighted by atomic mass is 35.5. The molecule has 0 aliphatic carbocycles. The molecule has 0 unspecified atom stereocenters. The maximum Gasteiger partial charge on any atom is 0.136 e. The molecule has 2 rings (SSSR count). The van der Waals surface area contributed by atoms with Crippen LogP contribution in [0.4, 0.5) is 4.39 Å². The van der Waals surface area contributed by atoms with Crippen LogP contribution in [0.15, 0.2) is 23.6 Å². The molecule has 0 saturated carbocycles. The fraction of sp³-hybridized carbons (Fsp3) is 0.182. The third-order valence-corrected chi connectivity index (χ3v) is 3.38. The summed E-state index contributed by atoms with van der Waals surface area (Å²) >= 11 is 7.07. The summed E-state index contributed by atoms with van der Waals surface area (Å²) in [7, 11) is 1.51. The Kier molecular flexibility index (Phi) is 3.41. The van der Waals surface area contributed by atoms with Gasteiger partial charge in [0.15, 0.2) is 0 Å². The normalized spacial score (nSPS) is 10.4. The van der Waals surface area contributed by atoms with E-state index in [0.717, 1.165) is 5.01 Å². The minimum Gasteiger partial charge on any atom is -0.496 e. The van der Waals surface area contributed by atoms with Gasteiger partial charge in [0.1, 0.15) is 16.6 Å². The molecule has 0 radical (unpaired) electrons. The molecule has 1 aromatic heterocycles. The standard InChI is InChI=1S/C11H9ClFNOS/c1-15-9-4-2-3-7(13)11(9)8-6-16-10(5-12)14-8/h2-4,6H,5H2,1H3. The van der Waals surface area contributed by atoms with E-state index in [1.54, 1.807) is 17.5 Å². The molecule has 0 fully saturated rings. The highest BCUT2D eigenvalue weighted by molar-refractivity contribution is 7.10. The molecule has 0 aliphatic heterocycles. The third-order valence-electron chi connectivity index (χ3n) is 2.12. The van der Waals surface area contributed by atoms with E-state index < -0.39 is 0 Å². The van der Waals surface area contributed by atoms with Gasteiger partial charge in [0, 0.05) is 5.38 Å². The van der Waals surface area contributed by atoms with Crippen LogP contribution in [0.2, 0.25) is 0 Å². The lowest BCUT2D eigenvalue weighted by atomic mass is 10.1. The Morgan fingerprint density at radius 3 is 2.94 bits per heavy atom. The lowest BCUT2D eigenvalue weighted by Gasteiger charge is -2.06. The maximum atomic E-state index is 13.7. The van der Waals surface area contributed by atoms with Crippen LogP contribution in [-0.2, 0) is 5.88 Å². The molecule has 84 valence electrons. The highest BCUT2D eigenvalue weighted by Crippen LogP contribution is 2.33. The van der Waals surface area contributed by atoms with Gasteiger partial charge in [-0.3, -0.25) is 0 Å². The first kappa shape index (κ1) is 11.4. The molecule has 1 aromatic carbocycles. The molecule has 0 spiro atoms. The van der Waals surface area contributed by atoms with Crippen LogP contribution in [-0.4, -0.2) is 12.1 Å². The largest absolute Gasteiger partial charge is 0.496 e. The summed E-state index contributed by atoms with van der Waals surface area (Å²) in [6, 6.07) is 4.70. The molecule has 0 atom stereocenters. The van der Waals surface area contributed by atoms with Crippen molar-refractivity contribution in [2.24, 2.45) is 0 Å². The van der Waals surface area contributed by atoms with Gasteiger partial charge in [0.2, 0.25) is 0 Å². The second-order valence-electron chi connectivity index (χ2n) is 3.08. The Hall–Kier alpha value is -1.13. The number of aromatic nitrogens is 1. The molecule has 0 aliphatic rings. The van der Waals surface area contributed by atoms with Crippen LogP contribution < -0.4 is 4.74 Å². The predicted octanol–water partition coefficient (Wildman–Crippen LogP) is 3.70. The van der Waals surface area contributed by atoms with Gasteiger partial charge in [-0.1, -0.05) is 6.07 Å². The summed E-state index contributed by atoms with van der Waals surface area (Å²) in [6.45, 7) is 0. The quantitative estimate of drug-likeness (QED) is 0.783. The number of nitrogens with zero attached hydrogens (tertiary/aromatic N) is 1.